The van der Waals surface area contributed by atoms with Crippen molar-refractivity contribution >= 4 is 39.2 Å². The van der Waals surface area contributed by atoms with Crippen LogP contribution in [0.15, 0.2) is 77.0 Å². The molecule has 3 aromatic rings. The summed E-state index contributed by atoms with van der Waals surface area (Å²) in [7, 11) is -3.88. The van der Waals surface area contributed by atoms with Gasteiger partial charge in [0.2, 0.25) is 10.0 Å². The number of imide groups is 1. The first-order valence-electron chi connectivity index (χ1n) is 10.4. The number of nitrogens with zero attached hydrogens (tertiary/aromatic N) is 1. The van der Waals surface area contributed by atoms with E-state index in [-0.39, 0.29) is 23.4 Å². The number of sulfonamides is 1. The molecule has 0 bridgehead atoms. The van der Waals surface area contributed by atoms with Crippen LogP contribution in [-0.4, -0.2) is 31.3 Å². The van der Waals surface area contributed by atoms with E-state index in [4.69, 9.17) is 0 Å². The molecule has 0 saturated carbocycles. The predicted octanol–water partition coefficient (Wildman–Crippen LogP) is 2.73. The minimum absolute atomic E-state index is 0.0201. The standard InChI is InChI=1S/C23H22N4O5S2/c1-2-23(17-9-4-3-5-10-17)21(29)27(22(30)25-23)26-20(28)16-8-6-12-19(14-16)34(31,32)24-15-18-11-7-13-33-18/h3-14,24H,2,15H2,1H3,(H,25,30)(H,26,28). The zero-order valence-electron chi connectivity index (χ0n) is 18.1. The van der Waals surface area contributed by atoms with E-state index in [1.54, 1.807) is 43.3 Å². The van der Waals surface area contributed by atoms with E-state index >= 15 is 0 Å². The molecular weight excluding hydrogens is 476 g/mol. The van der Waals surface area contributed by atoms with Gasteiger partial charge in [-0.3, -0.25) is 15.0 Å². The Morgan fingerprint density at radius 2 is 1.82 bits per heavy atom. The lowest BCUT2D eigenvalue weighted by atomic mass is 9.87. The third kappa shape index (κ3) is 4.45. The summed E-state index contributed by atoms with van der Waals surface area (Å²) in [6, 6.07) is 17.0. The predicted molar refractivity (Wildman–Crippen MR) is 126 cm³/mol. The molecule has 2 aromatic carbocycles. The second-order valence-corrected chi connectivity index (χ2v) is 10.4. The number of urea groups is 1. The Labute approximate surface area is 200 Å². The Hall–Kier alpha value is -3.54. The van der Waals surface area contributed by atoms with Crippen molar-refractivity contribution in [1.82, 2.24) is 20.5 Å². The molecule has 4 rings (SSSR count). The Balaban J connectivity index is 1.52. The van der Waals surface area contributed by atoms with Crippen LogP contribution in [0.25, 0.3) is 0 Å². The van der Waals surface area contributed by atoms with Crippen LogP contribution in [-0.2, 0) is 26.9 Å². The van der Waals surface area contributed by atoms with E-state index in [1.165, 1.54) is 35.6 Å². The molecule has 1 aromatic heterocycles. The van der Waals surface area contributed by atoms with Crippen LogP contribution < -0.4 is 15.5 Å². The number of hydrogen-bond donors (Lipinski definition) is 3. The zero-order valence-corrected chi connectivity index (χ0v) is 19.8. The van der Waals surface area contributed by atoms with Crippen molar-refractivity contribution in [1.29, 1.82) is 0 Å². The van der Waals surface area contributed by atoms with Crippen LogP contribution >= 0.6 is 11.3 Å². The van der Waals surface area contributed by atoms with Gasteiger partial charge >= 0.3 is 6.03 Å². The smallest absolute Gasteiger partial charge is 0.318 e. The maximum Gasteiger partial charge on any atom is 0.344 e. The highest BCUT2D eigenvalue weighted by Crippen LogP contribution is 2.31. The molecule has 0 radical (unpaired) electrons. The van der Waals surface area contributed by atoms with Crippen molar-refractivity contribution in [3.05, 3.63) is 88.1 Å². The quantitative estimate of drug-likeness (QED) is 0.412. The van der Waals surface area contributed by atoms with Crippen LogP contribution in [0.3, 0.4) is 0 Å². The highest BCUT2D eigenvalue weighted by Gasteiger charge is 2.52. The Bertz CT molecular complexity index is 1330. The van der Waals surface area contributed by atoms with E-state index in [0.29, 0.717) is 10.6 Å². The first kappa shape index (κ1) is 23.6. The van der Waals surface area contributed by atoms with E-state index in [9.17, 15) is 22.8 Å². The fourth-order valence-corrected chi connectivity index (χ4v) is 5.46. The molecule has 11 heteroatoms. The lowest BCUT2D eigenvalue weighted by molar-refractivity contribution is -0.133. The van der Waals surface area contributed by atoms with Crippen LogP contribution in [0.2, 0.25) is 0 Å². The number of amides is 4. The van der Waals surface area contributed by atoms with Crippen LogP contribution in [0.4, 0.5) is 4.79 Å². The van der Waals surface area contributed by atoms with E-state index < -0.39 is 33.4 Å². The summed E-state index contributed by atoms with van der Waals surface area (Å²) >= 11 is 1.42. The molecule has 1 aliphatic heterocycles. The number of benzene rings is 2. The normalized spacial score (nSPS) is 18.1. The molecule has 1 atom stereocenters. The molecule has 1 aliphatic rings. The number of hydrogen-bond acceptors (Lipinski definition) is 6. The van der Waals surface area contributed by atoms with Crippen molar-refractivity contribution in [2.45, 2.75) is 30.3 Å². The summed E-state index contributed by atoms with van der Waals surface area (Å²) in [6.07, 6.45) is 0.275. The van der Waals surface area contributed by atoms with Gasteiger partial charge in [0.05, 0.1) is 4.90 Å². The molecular formula is C23H22N4O5S2. The Morgan fingerprint density at radius 1 is 1.06 bits per heavy atom. The maximum absolute atomic E-state index is 13.2. The van der Waals surface area contributed by atoms with Gasteiger partial charge in [0.1, 0.15) is 5.54 Å². The third-order valence-electron chi connectivity index (χ3n) is 5.52. The lowest BCUT2D eigenvalue weighted by Gasteiger charge is -2.25. The summed E-state index contributed by atoms with van der Waals surface area (Å²) in [5.41, 5.74) is 1.58. The lowest BCUT2D eigenvalue weighted by Crippen LogP contribution is -2.48. The Kier molecular flexibility index (Phi) is 6.51. The summed E-state index contributed by atoms with van der Waals surface area (Å²) in [4.78, 5) is 39.4. The van der Waals surface area contributed by atoms with Gasteiger partial charge in [-0.15, -0.1) is 11.3 Å². The minimum Gasteiger partial charge on any atom is -0.318 e. The fraction of sp³-hybridized carbons (Fsp3) is 0.174. The number of carbonyl (C=O) groups excluding carboxylic acids is 3. The summed E-state index contributed by atoms with van der Waals surface area (Å²) < 4.78 is 27.8. The van der Waals surface area contributed by atoms with Gasteiger partial charge in [0, 0.05) is 17.0 Å². The van der Waals surface area contributed by atoms with Gasteiger partial charge in [-0.2, -0.15) is 5.01 Å². The minimum atomic E-state index is -3.88. The van der Waals surface area contributed by atoms with Crippen molar-refractivity contribution in [3.8, 4) is 0 Å². The average molecular weight is 499 g/mol. The zero-order chi connectivity index (χ0) is 24.3. The second kappa shape index (κ2) is 9.37. The van der Waals surface area contributed by atoms with Crippen LogP contribution in [0.1, 0.15) is 34.1 Å². The Morgan fingerprint density at radius 3 is 2.50 bits per heavy atom. The number of nitrogens with one attached hydrogen (secondary N) is 3. The molecule has 4 amide bonds. The van der Waals surface area contributed by atoms with Gasteiger partial charge in [-0.05, 0) is 41.6 Å². The fourth-order valence-electron chi connectivity index (χ4n) is 3.67. The molecule has 1 saturated heterocycles. The molecule has 9 nitrogen and oxygen atoms in total. The average Bonchev–Trinajstić information content (AvgIpc) is 3.46. The van der Waals surface area contributed by atoms with Crippen LogP contribution in [0, 0.1) is 0 Å². The van der Waals surface area contributed by atoms with Crippen LogP contribution in [0.5, 0.6) is 0 Å². The molecule has 2 heterocycles. The van der Waals surface area contributed by atoms with Gasteiger partial charge in [0.25, 0.3) is 11.8 Å². The van der Waals surface area contributed by atoms with E-state index in [1.807, 2.05) is 11.4 Å². The number of thiophene rings is 1. The van der Waals surface area contributed by atoms with Crippen molar-refractivity contribution in [2.75, 3.05) is 0 Å². The van der Waals surface area contributed by atoms with E-state index in [0.717, 1.165) is 4.88 Å². The van der Waals surface area contributed by atoms with Gasteiger partial charge in [-0.25, -0.2) is 17.9 Å². The number of carbonyl (C=O) groups is 3. The topological polar surface area (TPSA) is 125 Å². The molecule has 176 valence electrons. The van der Waals surface area contributed by atoms with Crippen molar-refractivity contribution in [3.63, 3.8) is 0 Å². The first-order chi connectivity index (χ1) is 16.3. The van der Waals surface area contributed by atoms with Crippen molar-refractivity contribution < 1.29 is 22.8 Å². The largest absolute Gasteiger partial charge is 0.344 e. The van der Waals surface area contributed by atoms with Gasteiger partial charge in [0.15, 0.2) is 0 Å². The molecule has 1 fully saturated rings. The summed E-state index contributed by atoms with van der Waals surface area (Å²) in [5, 5.41) is 5.15. The molecule has 3 N–H and O–H groups in total. The highest BCUT2D eigenvalue weighted by atomic mass is 32.2. The third-order valence-corrected chi connectivity index (χ3v) is 7.80. The van der Waals surface area contributed by atoms with Gasteiger partial charge in [-0.1, -0.05) is 49.4 Å². The molecule has 34 heavy (non-hydrogen) atoms. The molecule has 0 aliphatic carbocycles. The summed E-state index contributed by atoms with van der Waals surface area (Å²) in [5.74, 6) is -1.42. The molecule has 0 spiro atoms. The van der Waals surface area contributed by atoms with Crippen molar-refractivity contribution in [2.24, 2.45) is 0 Å². The van der Waals surface area contributed by atoms with E-state index in [2.05, 4.69) is 15.5 Å². The SMILES string of the molecule is CCC1(c2ccccc2)NC(=O)N(NC(=O)c2cccc(S(=O)(=O)NCc3cccs3)c2)C1=O. The molecule has 1 unspecified atom stereocenters. The first-order valence-corrected chi connectivity index (χ1v) is 12.8. The maximum atomic E-state index is 13.2. The number of rotatable bonds is 8. The highest BCUT2D eigenvalue weighted by molar-refractivity contribution is 7.89. The summed E-state index contributed by atoms with van der Waals surface area (Å²) in [6.45, 7) is 1.88. The second-order valence-electron chi connectivity index (χ2n) is 7.57. The monoisotopic (exact) mass is 498 g/mol. The van der Waals surface area contributed by atoms with Gasteiger partial charge < -0.3 is 5.32 Å². The number of hydrazine groups is 1.